The van der Waals surface area contributed by atoms with Crippen molar-refractivity contribution >= 4 is 15.9 Å². The summed E-state index contributed by atoms with van der Waals surface area (Å²) in [6.45, 7) is 1.39. The predicted octanol–water partition coefficient (Wildman–Crippen LogP) is 4.16. The Balaban J connectivity index is 1.78. The van der Waals surface area contributed by atoms with Crippen LogP contribution in [0.25, 0.3) is 0 Å². The van der Waals surface area contributed by atoms with Crippen molar-refractivity contribution in [2.24, 2.45) is 0 Å². The van der Waals surface area contributed by atoms with Gasteiger partial charge >= 0.3 is 0 Å². The number of phenols is 1. The molecule has 21 heavy (non-hydrogen) atoms. The van der Waals surface area contributed by atoms with Gasteiger partial charge in [0.15, 0.2) is 0 Å². The lowest BCUT2D eigenvalue weighted by molar-refractivity contribution is 0.315. The predicted molar refractivity (Wildman–Crippen MR) is 86.6 cm³/mol. The molecule has 1 unspecified atom stereocenters. The molecule has 0 spiro atoms. The minimum atomic E-state index is 0.246. The topological polar surface area (TPSA) is 41.5 Å². The molecule has 0 radical (unpaired) electrons. The summed E-state index contributed by atoms with van der Waals surface area (Å²) in [7, 11) is 0. The molecule has 2 aromatic rings. The number of nitrogens with one attached hydrogen (secondary N) is 1. The van der Waals surface area contributed by atoms with Crippen molar-refractivity contribution in [2.75, 3.05) is 6.61 Å². The number of hydrogen-bond donors (Lipinski definition) is 2. The van der Waals surface area contributed by atoms with Crippen LogP contribution in [-0.2, 0) is 6.54 Å². The number of benzene rings is 2. The maximum absolute atomic E-state index is 9.86. The minimum Gasteiger partial charge on any atom is -0.508 e. The third-order valence-electron chi connectivity index (χ3n) is 3.78. The third-order valence-corrected chi connectivity index (χ3v) is 4.27. The first-order valence-corrected chi connectivity index (χ1v) is 7.96. The van der Waals surface area contributed by atoms with Crippen molar-refractivity contribution in [3.05, 3.63) is 58.1 Å². The Morgan fingerprint density at radius 3 is 2.95 bits per heavy atom. The first-order chi connectivity index (χ1) is 10.2. The van der Waals surface area contributed by atoms with E-state index in [1.54, 1.807) is 6.07 Å². The lowest BCUT2D eigenvalue weighted by Crippen LogP contribution is -2.20. The smallest absolute Gasteiger partial charge is 0.125 e. The van der Waals surface area contributed by atoms with Crippen molar-refractivity contribution in [1.82, 2.24) is 5.32 Å². The Labute approximate surface area is 133 Å². The van der Waals surface area contributed by atoms with Crippen molar-refractivity contribution < 1.29 is 9.84 Å². The van der Waals surface area contributed by atoms with Crippen LogP contribution in [-0.4, -0.2) is 11.7 Å². The van der Waals surface area contributed by atoms with Crippen molar-refractivity contribution in [3.63, 3.8) is 0 Å². The van der Waals surface area contributed by atoms with Gasteiger partial charge in [0.05, 0.1) is 6.61 Å². The number of aromatic hydroxyl groups is 1. The molecule has 0 bridgehead atoms. The van der Waals surface area contributed by atoms with Gasteiger partial charge in [-0.2, -0.15) is 0 Å². The first-order valence-electron chi connectivity index (χ1n) is 7.16. The Morgan fingerprint density at radius 2 is 2.10 bits per heavy atom. The van der Waals surface area contributed by atoms with Crippen LogP contribution in [0.15, 0.2) is 46.9 Å². The lowest BCUT2D eigenvalue weighted by atomic mass is 10.0. The molecule has 1 aliphatic rings. The van der Waals surface area contributed by atoms with Gasteiger partial charge in [0.1, 0.15) is 11.5 Å². The number of rotatable bonds is 3. The van der Waals surface area contributed by atoms with E-state index in [2.05, 4.69) is 27.3 Å². The SMILES string of the molecule is Oc1ccccc1CNC1CCCOc2cc(Br)ccc21. The zero-order chi connectivity index (χ0) is 14.7. The Hall–Kier alpha value is -1.52. The summed E-state index contributed by atoms with van der Waals surface area (Å²) in [6, 6.07) is 13.9. The fourth-order valence-corrected chi connectivity index (χ4v) is 2.99. The molecule has 1 heterocycles. The lowest BCUT2D eigenvalue weighted by Gasteiger charge is -2.19. The molecule has 1 aliphatic heterocycles. The van der Waals surface area contributed by atoms with E-state index in [-0.39, 0.29) is 6.04 Å². The average Bonchev–Trinajstić information content (AvgIpc) is 2.68. The van der Waals surface area contributed by atoms with Gasteiger partial charge in [-0.1, -0.05) is 40.2 Å². The van der Waals surface area contributed by atoms with Crippen molar-refractivity contribution in [2.45, 2.75) is 25.4 Å². The van der Waals surface area contributed by atoms with Crippen LogP contribution in [0.4, 0.5) is 0 Å². The molecular weight excluding hydrogens is 330 g/mol. The highest BCUT2D eigenvalue weighted by molar-refractivity contribution is 9.10. The standard InChI is InChI=1S/C17H18BrNO2/c18-13-7-8-14-15(5-3-9-21-17(14)10-13)19-11-12-4-1-2-6-16(12)20/h1-2,4,6-8,10,15,19-20H,3,5,9,11H2. The summed E-state index contributed by atoms with van der Waals surface area (Å²) < 4.78 is 6.85. The fourth-order valence-electron chi connectivity index (χ4n) is 2.65. The zero-order valence-corrected chi connectivity index (χ0v) is 13.3. The maximum atomic E-state index is 9.86. The first kappa shape index (κ1) is 14.4. The summed E-state index contributed by atoms with van der Waals surface area (Å²) >= 11 is 3.49. The van der Waals surface area contributed by atoms with Gasteiger partial charge in [0.25, 0.3) is 0 Å². The molecule has 0 saturated heterocycles. The fraction of sp³-hybridized carbons (Fsp3) is 0.294. The van der Waals surface area contributed by atoms with Gasteiger partial charge in [0, 0.05) is 28.2 Å². The van der Waals surface area contributed by atoms with Crippen LogP contribution in [0.1, 0.15) is 30.0 Å². The third kappa shape index (κ3) is 3.39. The molecule has 0 aromatic heterocycles. The van der Waals surface area contributed by atoms with Gasteiger partial charge in [0.2, 0.25) is 0 Å². The second-order valence-electron chi connectivity index (χ2n) is 5.24. The normalized spacial score (nSPS) is 17.7. The molecule has 0 saturated carbocycles. The van der Waals surface area contributed by atoms with Gasteiger partial charge in [-0.25, -0.2) is 0 Å². The average molecular weight is 348 g/mol. The van der Waals surface area contributed by atoms with Crippen LogP contribution in [0.5, 0.6) is 11.5 Å². The Kier molecular flexibility index (Phi) is 4.46. The van der Waals surface area contributed by atoms with E-state index in [0.29, 0.717) is 12.3 Å². The summed E-state index contributed by atoms with van der Waals surface area (Å²) in [5.74, 6) is 1.28. The quantitative estimate of drug-likeness (QED) is 0.875. The number of halogens is 1. The van der Waals surface area contributed by atoms with Gasteiger partial charge in [-0.3, -0.25) is 0 Å². The van der Waals surface area contributed by atoms with E-state index >= 15 is 0 Å². The minimum absolute atomic E-state index is 0.246. The maximum Gasteiger partial charge on any atom is 0.125 e. The molecule has 0 amide bonds. The van der Waals surface area contributed by atoms with Crippen LogP contribution >= 0.6 is 15.9 Å². The van der Waals surface area contributed by atoms with Crippen LogP contribution in [0, 0.1) is 0 Å². The van der Waals surface area contributed by atoms with E-state index in [4.69, 9.17) is 4.74 Å². The summed E-state index contributed by atoms with van der Waals surface area (Å²) in [6.07, 6.45) is 2.05. The van der Waals surface area contributed by atoms with E-state index in [9.17, 15) is 5.11 Å². The Bertz CT molecular complexity index is 630. The zero-order valence-electron chi connectivity index (χ0n) is 11.7. The van der Waals surface area contributed by atoms with Crippen LogP contribution in [0.3, 0.4) is 0 Å². The van der Waals surface area contributed by atoms with Crippen molar-refractivity contribution in [3.8, 4) is 11.5 Å². The van der Waals surface area contributed by atoms with E-state index < -0.39 is 0 Å². The second kappa shape index (κ2) is 6.50. The monoisotopic (exact) mass is 347 g/mol. The molecule has 0 fully saturated rings. The van der Waals surface area contributed by atoms with Crippen LogP contribution in [0.2, 0.25) is 0 Å². The molecule has 2 aromatic carbocycles. The van der Waals surface area contributed by atoms with E-state index in [1.165, 1.54) is 5.56 Å². The summed E-state index contributed by atoms with van der Waals surface area (Å²) in [5.41, 5.74) is 2.10. The van der Waals surface area contributed by atoms with E-state index in [1.807, 2.05) is 30.3 Å². The van der Waals surface area contributed by atoms with Gasteiger partial charge < -0.3 is 15.2 Å². The number of fused-ring (bicyclic) bond motifs is 1. The molecule has 110 valence electrons. The number of hydrogen-bond acceptors (Lipinski definition) is 3. The van der Waals surface area contributed by atoms with Crippen LogP contribution < -0.4 is 10.1 Å². The summed E-state index contributed by atoms with van der Waals surface area (Å²) in [5, 5.41) is 13.4. The largest absolute Gasteiger partial charge is 0.508 e. The second-order valence-corrected chi connectivity index (χ2v) is 6.15. The number of para-hydroxylation sites is 1. The molecule has 0 aliphatic carbocycles. The molecular formula is C17H18BrNO2. The Morgan fingerprint density at radius 1 is 1.24 bits per heavy atom. The van der Waals surface area contributed by atoms with Gasteiger partial charge in [-0.15, -0.1) is 0 Å². The number of ether oxygens (including phenoxy) is 1. The van der Waals surface area contributed by atoms with E-state index in [0.717, 1.165) is 35.2 Å². The molecule has 3 nitrogen and oxygen atoms in total. The highest BCUT2D eigenvalue weighted by atomic mass is 79.9. The summed E-state index contributed by atoms with van der Waals surface area (Å²) in [4.78, 5) is 0. The molecule has 1 atom stereocenters. The van der Waals surface area contributed by atoms with Gasteiger partial charge in [-0.05, 0) is 31.0 Å². The highest BCUT2D eigenvalue weighted by Crippen LogP contribution is 2.34. The molecule has 4 heteroatoms. The highest BCUT2D eigenvalue weighted by Gasteiger charge is 2.19. The van der Waals surface area contributed by atoms with Crippen molar-refractivity contribution in [1.29, 1.82) is 0 Å². The number of phenolic OH excluding ortho intramolecular Hbond substituents is 1. The molecule has 2 N–H and O–H groups in total. The molecule has 3 rings (SSSR count).